The van der Waals surface area contributed by atoms with Gasteiger partial charge in [0, 0.05) is 11.3 Å². The highest BCUT2D eigenvalue weighted by Gasteiger charge is 2.21. The topological polar surface area (TPSA) is 126 Å². The van der Waals surface area contributed by atoms with E-state index in [2.05, 4.69) is 26.3 Å². The number of rotatable bonds is 10. The van der Waals surface area contributed by atoms with E-state index in [4.69, 9.17) is 27.2 Å². The molecule has 1 aliphatic heterocycles. The highest BCUT2D eigenvalue weighted by molar-refractivity contribution is 7.99. The van der Waals surface area contributed by atoms with Crippen molar-refractivity contribution in [1.29, 1.82) is 0 Å². The minimum absolute atomic E-state index is 0.161. The van der Waals surface area contributed by atoms with E-state index < -0.39 is 6.10 Å². The number of hydrogen-bond donors (Lipinski definition) is 4. The monoisotopic (exact) mass is 475 g/mol. The molecule has 8 nitrogen and oxygen atoms in total. The molecule has 2 heterocycles. The normalized spacial score (nSPS) is 14.1. The van der Waals surface area contributed by atoms with Gasteiger partial charge in [0.15, 0.2) is 11.0 Å². The number of thioether (sulfide) groups is 1. The van der Waals surface area contributed by atoms with E-state index >= 15 is 0 Å². The fourth-order valence-corrected chi connectivity index (χ4v) is 4.84. The standard InChI is InChI=1S/C22H26ClN5O3S/c23-17-9-14-12-31-11-13-3-1-4-16(18(13)14)19(17)20-26-21(24)28-22(27-20)32-8-2-6-25-7-5-15(30)10-29/h1,3-4,9,15,25,29-30H,2,5-8,10-12H2,(H2,24,26,27,28). The molecule has 0 bridgehead atoms. The van der Waals surface area contributed by atoms with Crippen molar-refractivity contribution >= 4 is 40.1 Å². The zero-order chi connectivity index (χ0) is 22.5. The number of anilines is 1. The first-order valence-electron chi connectivity index (χ1n) is 10.5. The molecule has 3 aromatic rings. The van der Waals surface area contributed by atoms with Crippen LogP contribution in [0.1, 0.15) is 24.0 Å². The lowest BCUT2D eigenvalue weighted by Gasteiger charge is -2.20. The van der Waals surface area contributed by atoms with Gasteiger partial charge in [-0.05, 0) is 53.9 Å². The second kappa shape index (κ2) is 10.7. The summed E-state index contributed by atoms with van der Waals surface area (Å²) < 4.78 is 5.67. The van der Waals surface area contributed by atoms with E-state index in [0.29, 0.717) is 42.2 Å². The van der Waals surface area contributed by atoms with E-state index in [1.807, 2.05) is 18.2 Å². The van der Waals surface area contributed by atoms with Crippen molar-refractivity contribution in [1.82, 2.24) is 20.3 Å². The summed E-state index contributed by atoms with van der Waals surface area (Å²) in [7, 11) is 0. The first-order chi connectivity index (χ1) is 15.6. The summed E-state index contributed by atoms with van der Waals surface area (Å²) in [5.74, 6) is 1.43. The third-order valence-corrected chi connectivity index (χ3v) is 6.48. The second-order valence-corrected chi connectivity index (χ2v) is 9.07. The summed E-state index contributed by atoms with van der Waals surface area (Å²) in [6.07, 6.45) is 0.749. The van der Waals surface area contributed by atoms with Crippen LogP contribution in [0.15, 0.2) is 29.4 Å². The molecular weight excluding hydrogens is 450 g/mol. The number of nitrogens with two attached hydrogens (primary N) is 1. The molecule has 0 amide bonds. The summed E-state index contributed by atoms with van der Waals surface area (Å²) in [4.78, 5) is 13.3. The van der Waals surface area contributed by atoms with Gasteiger partial charge in [0.05, 0.1) is 30.9 Å². The van der Waals surface area contributed by atoms with Gasteiger partial charge in [0.25, 0.3) is 0 Å². The molecule has 170 valence electrons. The van der Waals surface area contributed by atoms with Crippen molar-refractivity contribution in [3.63, 3.8) is 0 Å². The summed E-state index contributed by atoms with van der Waals surface area (Å²) in [5.41, 5.74) is 8.95. The van der Waals surface area contributed by atoms with Gasteiger partial charge in [0.2, 0.25) is 5.95 Å². The van der Waals surface area contributed by atoms with Gasteiger partial charge in [-0.1, -0.05) is 41.6 Å². The Morgan fingerprint density at radius 2 is 2.03 bits per heavy atom. The Bertz CT molecular complexity index is 1100. The average Bonchev–Trinajstić information content (AvgIpc) is 2.78. The van der Waals surface area contributed by atoms with E-state index in [9.17, 15) is 5.11 Å². The van der Waals surface area contributed by atoms with Crippen molar-refractivity contribution in [3.8, 4) is 11.4 Å². The molecule has 10 heteroatoms. The number of hydrogen-bond acceptors (Lipinski definition) is 9. The zero-order valence-corrected chi connectivity index (χ0v) is 19.1. The molecule has 5 N–H and O–H groups in total. The number of aliphatic hydroxyl groups excluding tert-OH is 2. The minimum Gasteiger partial charge on any atom is -0.394 e. The lowest BCUT2D eigenvalue weighted by Crippen LogP contribution is -2.23. The Labute approximate surface area is 195 Å². The number of benzene rings is 2. The van der Waals surface area contributed by atoms with E-state index in [1.54, 1.807) is 0 Å². The average molecular weight is 476 g/mol. The lowest BCUT2D eigenvalue weighted by molar-refractivity contribution is 0.0884. The number of nitrogens with zero attached hydrogens (tertiary/aromatic N) is 3. The summed E-state index contributed by atoms with van der Waals surface area (Å²) in [6.45, 7) is 2.34. The Balaban J connectivity index is 1.49. The van der Waals surface area contributed by atoms with Crippen molar-refractivity contribution in [2.75, 3.05) is 31.2 Å². The summed E-state index contributed by atoms with van der Waals surface area (Å²) in [5, 5.41) is 24.7. The molecule has 0 aliphatic carbocycles. The number of ether oxygens (including phenoxy) is 1. The Kier molecular flexibility index (Phi) is 7.77. The van der Waals surface area contributed by atoms with E-state index in [-0.39, 0.29) is 12.6 Å². The number of halogens is 1. The third-order valence-electron chi connectivity index (χ3n) is 5.25. The van der Waals surface area contributed by atoms with Crippen LogP contribution in [0.2, 0.25) is 5.02 Å². The van der Waals surface area contributed by atoms with Gasteiger partial charge >= 0.3 is 0 Å². The third kappa shape index (κ3) is 5.31. The molecule has 0 radical (unpaired) electrons. The molecule has 1 atom stereocenters. The molecule has 1 aliphatic rings. The number of aromatic nitrogens is 3. The highest BCUT2D eigenvalue weighted by Crippen LogP contribution is 2.39. The van der Waals surface area contributed by atoms with Crippen LogP contribution < -0.4 is 11.1 Å². The molecule has 4 rings (SSSR count). The molecule has 0 fully saturated rings. The second-order valence-electron chi connectivity index (χ2n) is 7.60. The van der Waals surface area contributed by atoms with Crippen molar-refractivity contribution in [3.05, 3.63) is 40.4 Å². The highest BCUT2D eigenvalue weighted by atomic mass is 35.5. The van der Waals surface area contributed by atoms with Crippen LogP contribution in [0.4, 0.5) is 5.95 Å². The van der Waals surface area contributed by atoms with Crippen LogP contribution in [0.3, 0.4) is 0 Å². The van der Waals surface area contributed by atoms with Crippen LogP contribution in [-0.4, -0.2) is 56.7 Å². The smallest absolute Gasteiger partial charge is 0.224 e. The van der Waals surface area contributed by atoms with Gasteiger partial charge in [-0.2, -0.15) is 9.97 Å². The van der Waals surface area contributed by atoms with Gasteiger partial charge in [-0.25, -0.2) is 4.98 Å². The van der Waals surface area contributed by atoms with Gasteiger partial charge < -0.3 is 26.0 Å². The van der Waals surface area contributed by atoms with Crippen molar-refractivity contribution < 1.29 is 14.9 Å². The Morgan fingerprint density at radius 3 is 2.88 bits per heavy atom. The lowest BCUT2D eigenvalue weighted by atomic mass is 9.94. The fourth-order valence-electron chi connectivity index (χ4n) is 3.74. The van der Waals surface area contributed by atoms with Crippen molar-refractivity contribution in [2.45, 2.75) is 37.3 Å². The molecule has 1 aromatic heterocycles. The quantitative estimate of drug-likeness (QED) is 0.258. The molecule has 0 saturated carbocycles. The molecule has 2 aromatic carbocycles. The zero-order valence-electron chi connectivity index (χ0n) is 17.6. The number of nitrogens with one attached hydrogen (secondary N) is 1. The first-order valence-corrected chi connectivity index (χ1v) is 11.9. The minimum atomic E-state index is -0.668. The SMILES string of the molecule is Nc1nc(SCCCNCCC(O)CO)nc(-c2c(Cl)cc3c4c(cccc24)COC3)n1. The Morgan fingerprint density at radius 1 is 1.19 bits per heavy atom. The predicted octanol–water partition coefficient (Wildman–Crippen LogP) is 2.77. The molecule has 32 heavy (non-hydrogen) atoms. The maximum atomic E-state index is 9.34. The maximum absolute atomic E-state index is 9.34. The number of nitrogen functional groups attached to an aromatic ring is 1. The van der Waals surface area contributed by atoms with Gasteiger partial charge in [-0.3, -0.25) is 0 Å². The van der Waals surface area contributed by atoms with E-state index in [1.165, 1.54) is 11.8 Å². The number of aliphatic hydroxyl groups is 2. The van der Waals surface area contributed by atoms with Crippen LogP contribution in [0, 0.1) is 0 Å². The fraction of sp³-hybridized carbons (Fsp3) is 0.409. The summed E-state index contributed by atoms with van der Waals surface area (Å²) in [6, 6.07) is 8.00. The maximum Gasteiger partial charge on any atom is 0.224 e. The van der Waals surface area contributed by atoms with Crippen molar-refractivity contribution in [2.24, 2.45) is 0 Å². The predicted molar refractivity (Wildman–Crippen MR) is 127 cm³/mol. The van der Waals surface area contributed by atoms with Crippen LogP contribution in [0.25, 0.3) is 22.2 Å². The van der Waals surface area contributed by atoms with Gasteiger partial charge in [-0.15, -0.1) is 0 Å². The largest absolute Gasteiger partial charge is 0.394 e. The summed E-state index contributed by atoms with van der Waals surface area (Å²) >= 11 is 8.18. The molecule has 1 unspecified atom stereocenters. The molecule has 0 spiro atoms. The molecule has 0 saturated heterocycles. The first kappa shape index (κ1) is 23.2. The van der Waals surface area contributed by atoms with E-state index in [0.717, 1.165) is 46.2 Å². The Hall–Kier alpha value is -2.01. The van der Waals surface area contributed by atoms with Crippen LogP contribution >= 0.6 is 23.4 Å². The van der Waals surface area contributed by atoms with Crippen LogP contribution in [0.5, 0.6) is 0 Å². The van der Waals surface area contributed by atoms with Crippen LogP contribution in [-0.2, 0) is 18.0 Å². The molecular formula is C22H26ClN5O3S. The van der Waals surface area contributed by atoms with Gasteiger partial charge in [0.1, 0.15) is 0 Å².